The van der Waals surface area contributed by atoms with Gasteiger partial charge in [-0.2, -0.15) is 0 Å². The summed E-state index contributed by atoms with van der Waals surface area (Å²) in [5, 5.41) is 12.1. The molecule has 0 aromatic rings. The van der Waals surface area contributed by atoms with Crippen LogP contribution in [0.4, 0.5) is 8.78 Å². The summed E-state index contributed by atoms with van der Waals surface area (Å²) in [6.07, 6.45) is -2.29. The second kappa shape index (κ2) is 4.18. The molecular formula is C6H12ClF2NO. The Morgan fingerprint density at radius 3 is 2.00 bits per heavy atom. The average Bonchev–Trinajstić information content (AvgIpc) is 1.89. The molecule has 0 aromatic carbocycles. The fourth-order valence-electron chi connectivity index (χ4n) is 1.08. The summed E-state index contributed by atoms with van der Waals surface area (Å²) < 4.78 is 24.1. The zero-order chi connectivity index (χ0) is 7.61. The quantitative estimate of drug-likeness (QED) is 0.636. The van der Waals surface area contributed by atoms with E-state index >= 15 is 0 Å². The van der Waals surface area contributed by atoms with Gasteiger partial charge in [0.25, 0.3) is 6.43 Å². The maximum Gasteiger partial charge on any atom is 0.266 e. The number of hydrogen-bond acceptors (Lipinski definition) is 2. The van der Waals surface area contributed by atoms with Crippen LogP contribution in [-0.4, -0.2) is 30.2 Å². The van der Waals surface area contributed by atoms with E-state index in [0.29, 0.717) is 13.1 Å². The van der Waals surface area contributed by atoms with Crippen molar-refractivity contribution in [1.29, 1.82) is 0 Å². The summed E-state index contributed by atoms with van der Waals surface area (Å²) in [6, 6.07) is 0. The van der Waals surface area contributed by atoms with E-state index in [1.807, 2.05) is 0 Å². The molecular weight excluding hydrogens is 176 g/mol. The standard InChI is InChI=1S/C6H11F2NO.ClH/c7-5(8)6(10)1-3-9-4-2-6;/h5,9-10H,1-4H2;1H. The van der Waals surface area contributed by atoms with Crippen LogP contribution in [0.5, 0.6) is 0 Å². The molecule has 0 atom stereocenters. The highest BCUT2D eigenvalue weighted by Crippen LogP contribution is 2.25. The molecule has 1 rings (SSSR count). The molecule has 0 spiro atoms. The molecule has 0 radical (unpaired) electrons. The van der Waals surface area contributed by atoms with Crippen LogP contribution in [0.25, 0.3) is 0 Å². The predicted octanol–water partition coefficient (Wildman–Crippen LogP) is 0.788. The Bertz CT molecular complexity index is 117. The van der Waals surface area contributed by atoms with Crippen LogP contribution in [0.3, 0.4) is 0 Å². The summed E-state index contributed by atoms with van der Waals surface area (Å²) in [5.41, 5.74) is -1.72. The van der Waals surface area contributed by atoms with Gasteiger partial charge in [-0.15, -0.1) is 12.4 Å². The minimum absolute atomic E-state index is 0. The van der Waals surface area contributed by atoms with E-state index < -0.39 is 12.0 Å². The van der Waals surface area contributed by atoms with Crippen LogP contribution in [0.15, 0.2) is 0 Å². The van der Waals surface area contributed by atoms with Crippen molar-refractivity contribution in [1.82, 2.24) is 5.32 Å². The lowest BCUT2D eigenvalue weighted by Crippen LogP contribution is -2.46. The first-order valence-corrected chi connectivity index (χ1v) is 3.36. The molecule has 5 heteroatoms. The van der Waals surface area contributed by atoms with E-state index in [-0.39, 0.29) is 25.2 Å². The molecule has 0 bridgehead atoms. The second-order valence-electron chi connectivity index (χ2n) is 2.65. The highest BCUT2D eigenvalue weighted by Gasteiger charge is 2.38. The number of alkyl halides is 2. The third-order valence-corrected chi connectivity index (χ3v) is 1.88. The van der Waals surface area contributed by atoms with Gasteiger partial charge in [0.2, 0.25) is 0 Å². The third-order valence-electron chi connectivity index (χ3n) is 1.88. The zero-order valence-corrected chi connectivity index (χ0v) is 6.83. The van der Waals surface area contributed by atoms with Crippen LogP contribution >= 0.6 is 12.4 Å². The minimum atomic E-state index is -2.60. The molecule has 2 N–H and O–H groups in total. The maximum absolute atomic E-state index is 12.0. The highest BCUT2D eigenvalue weighted by atomic mass is 35.5. The summed E-state index contributed by atoms with van der Waals surface area (Å²) in [6.45, 7) is 0.974. The largest absolute Gasteiger partial charge is 0.384 e. The highest BCUT2D eigenvalue weighted by molar-refractivity contribution is 5.85. The molecule has 11 heavy (non-hydrogen) atoms. The van der Waals surface area contributed by atoms with Gasteiger partial charge in [-0.1, -0.05) is 0 Å². The molecule has 0 saturated carbocycles. The normalized spacial score (nSPS) is 22.9. The van der Waals surface area contributed by atoms with E-state index in [9.17, 15) is 8.78 Å². The smallest absolute Gasteiger partial charge is 0.266 e. The first-order valence-electron chi connectivity index (χ1n) is 3.36. The molecule has 1 saturated heterocycles. The average molecular weight is 188 g/mol. The Labute approximate surface area is 70.4 Å². The summed E-state index contributed by atoms with van der Waals surface area (Å²) in [5.74, 6) is 0. The number of aliphatic hydroxyl groups is 1. The second-order valence-corrected chi connectivity index (χ2v) is 2.65. The molecule has 1 aliphatic heterocycles. The van der Waals surface area contributed by atoms with E-state index in [4.69, 9.17) is 5.11 Å². The Hall–Kier alpha value is 0.0700. The van der Waals surface area contributed by atoms with Gasteiger partial charge in [0.05, 0.1) is 0 Å². The fourth-order valence-corrected chi connectivity index (χ4v) is 1.08. The van der Waals surface area contributed by atoms with Crippen molar-refractivity contribution in [3.63, 3.8) is 0 Å². The SMILES string of the molecule is Cl.OC1(C(F)F)CCNCC1. The fraction of sp³-hybridized carbons (Fsp3) is 1.00. The van der Waals surface area contributed by atoms with Crippen molar-refractivity contribution < 1.29 is 13.9 Å². The number of nitrogens with one attached hydrogen (secondary N) is 1. The molecule has 2 nitrogen and oxygen atoms in total. The Kier molecular flexibility index (Phi) is 4.21. The topological polar surface area (TPSA) is 32.3 Å². The first kappa shape index (κ1) is 11.1. The first-order chi connectivity index (χ1) is 4.65. The number of hydrogen-bond donors (Lipinski definition) is 2. The van der Waals surface area contributed by atoms with Crippen LogP contribution in [-0.2, 0) is 0 Å². The van der Waals surface area contributed by atoms with E-state index in [2.05, 4.69) is 5.32 Å². The van der Waals surface area contributed by atoms with Crippen molar-refractivity contribution in [2.75, 3.05) is 13.1 Å². The van der Waals surface area contributed by atoms with Gasteiger partial charge < -0.3 is 10.4 Å². The van der Waals surface area contributed by atoms with Crippen molar-refractivity contribution in [3.8, 4) is 0 Å². The molecule has 1 aliphatic rings. The third kappa shape index (κ3) is 2.54. The number of halogens is 3. The van der Waals surface area contributed by atoms with Gasteiger partial charge in [-0.05, 0) is 25.9 Å². The van der Waals surface area contributed by atoms with Gasteiger partial charge in [0.15, 0.2) is 0 Å². The number of piperidine rings is 1. The lowest BCUT2D eigenvalue weighted by Gasteiger charge is -2.31. The summed E-state index contributed by atoms with van der Waals surface area (Å²) >= 11 is 0. The van der Waals surface area contributed by atoms with Crippen LogP contribution in [0.1, 0.15) is 12.8 Å². The van der Waals surface area contributed by atoms with E-state index in [1.165, 1.54) is 0 Å². The molecule has 0 unspecified atom stereocenters. The van der Waals surface area contributed by atoms with Crippen molar-refractivity contribution in [3.05, 3.63) is 0 Å². The van der Waals surface area contributed by atoms with Crippen molar-refractivity contribution in [2.45, 2.75) is 24.9 Å². The van der Waals surface area contributed by atoms with E-state index in [0.717, 1.165) is 0 Å². The molecule has 1 heterocycles. The van der Waals surface area contributed by atoms with Gasteiger partial charge in [-0.3, -0.25) is 0 Å². The molecule has 1 fully saturated rings. The maximum atomic E-state index is 12.0. The molecule has 0 aliphatic carbocycles. The van der Waals surface area contributed by atoms with Gasteiger partial charge >= 0.3 is 0 Å². The summed E-state index contributed by atoms with van der Waals surface area (Å²) in [4.78, 5) is 0. The Morgan fingerprint density at radius 1 is 1.27 bits per heavy atom. The van der Waals surface area contributed by atoms with Crippen molar-refractivity contribution >= 4 is 12.4 Å². The van der Waals surface area contributed by atoms with Crippen LogP contribution in [0.2, 0.25) is 0 Å². The molecule has 68 valence electrons. The minimum Gasteiger partial charge on any atom is -0.384 e. The van der Waals surface area contributed by atoms with Gasteiger partial charge in [-0.25, -0.2) is 8.78 Å². The summed E-state index contributed by atoms with van der Waals surface area (Å²) in [7, 11) is 0. The van der Waals surface area contributed by atoms with Crippen LogP contribution < -0.4 is 5.32 Å². The lowest BCUT2D eigenvalue weighted by molar-refractivity contribution is -0.112. The molecule has 0 amide bonds. The van der Waals surface area contributed by atoms with Crippen LogP contribution in [0, 0.1) is 0 Å². The Balaban J connectivity index is 0.000001000. The van der Waals surface area contributed by atoms with Crippen molar-refractivity contribution in [2.24, 2.45) is 0 Å². The van der Waals surface area contributed by atoms with Gasteiger partial charge in [0.1, 0.15) is 5.60 Å². The number of rotatable bonds is 1. The molecule has 0 aromatic heterocycles. The monoisotopic (exact) mass is 187 g/mol. The van der Waals surface area contributed by atoms with Gasteiger partial charge in [0, 0.05) is 0 Å². The Morgan fingerprint density at radius 2 is 1.73 bits per heavy atom. The van der Waals surface area contributed by atoms with E-state index in [1.54, 1.807) is 0 Å². The predicted molar refractivity (Wildman–Crippen MR) is 40.3 cm³/mol. The zero-order valence-electron chi connectivity index (χ0n) is 6.02. The lowest BCUT2D eigenvalue weighted by atomic mass is 9.93.